The molecule has 0 bridgehead atoms. The van der Waals surface area contributed by atoms with E-state index in [-0.39, 0.29) is 0 Å². The molecule has 2 heteroatoms. The Morgan fingerprint density at radius 2 is 1.77 bits per heavy atom. The first-order chi connectivity index (χ1) is 12.8. The predicted molar refractivity (Wildman–Crippen MR) is 112 cm³/mol. The molecule has 130 valence electrons. The summed E-state index contributed by atoms with van der Waals surface area (Å²) in [5, 5.41) is 1.13. The highest BCUT2D eigenvalue weighted by Crippen LogP contribution is 2.30. The molecule has 3 aromatic rings. The maximum Gasteiger partial charge on any atom is 0.119 e. The van der Waals surface area contributed by atoms with Crippen LogP contribution in [-0.4, -0.2) is 6.61 Å². The van der Waals surface area contributed by atoms with E-state index in [1.165, 1.54) is 24.0 Å². The molecule has 0 N–H and O–H groups in total. The van der Waals surface area contributed by atoms with Crippen molar-refractivity contribution in [1.29, 1.82) is 0 Å². The molecule has 0 spiro atoms. The largest absolute Gasteiger partial charge is 0.494 e. The van der Waals surface area contributed by atoms with Crippen molar-refractivity contribution in [2.45, 2.75) is 32.6 Å². The lowest BCUT2D eigenvalue weighted by Crippen LogP contribution is -1.96. The van der Waals surface area contributed by atoms with E-state index in [1.54, 1.807) is 11.3 Å². The average molecular weight is 359 g/mol. The van der Waals surface area contributed by atoms with Crippen LogP contribution in [0.1, 0.15) is 48.6 Å². The Kier molecular flexibility index (Phi) is 6.37. The summed E-state index contributed by atoms with van der Waals surface area (Å²) in [7, 11) is 0. The van der Waals surface area contributed by atoms with Crippen molar-refractivity contribution in [3.8, 4) is 29.9 Å². The van der Waals surface area contributed by atoms with Crippen LogP contribution in [0.3, 0.4) is 0 Å². The molecule has 0 radical (unpaired) electrons. The van der Waals surface area contributed by atoms with E-state index in [9.17, 15) is 0 Å². The topological polar surface area (TPSA) is 9.23 Å². The van der Waals surface area contributed by atoms with Crippen LogP contribution in [0.4, 0.5) is 0 Å². The number of fused-ring (bicyclic) bond motifs is 1. The van der Waals surface area contributed by atoms with Crippen molar-refractivity contribution >= 4 is 21.4 Å². The van der Waals surface area contributed by atoms with E-state index in [0.717, 1.165) is 40.2 Å². The molecule has 1 aromatic heterocycles. The first-order valence-electron chi connectivity index (χ1n) is 9.05. The van der Waals surface area contributed by atoms with E-state index < -0.39 is 0 Å². The van der Waals surface area contributed by atoms with Gasteiger partial charge in [0.1, 0.15) is 5.75 Å². The lowest BCUT2D eigenvalue weighted by Gasteiger charge is -2.05. The zero-order valence-electron chi connectivity index (χ0n) is 15.0. The van der Waals surface area contributed by atoms with E-state index in [0.29, 0.717) is 0 Å². The standard InChI is InChI=1S/C24H22OS/c1-3-5-6-9-18-25-20-15-12-19(13-16-20)14-17-22-21-10-7-8-11-24(21)26-23(22)4-2/h2,7-8,10-13,15-16H,3,5-6,9,18H2,1H3. The van der Waals surface area contributed by atoms with Crippen LogP contribution in [0.2, 0.25) is 0 Å². The Hall–Kier alpha value is -2.68. The van der Waals surface area contributed by atoms with Gasteiger partial charge in [0.25, 0.3) is 0 Å². The fourth-order valence-electron chi connectivity index (χ4n) is 2.76. The first-order valence-corrected chi connectivity index (χ1v) is 9.86. The zero-order chi connectivity index (χ0) is 18.2. The number of ether oxygens (including phenoxy) is 1. The van der Waals surface area contributed by atoms with Crippen LogP contribution in [0.15, 0.2) is 48.5 Å². The van der Waals surface area contributed by atoms with Crippen LogP contribution >= 0.6 is 11.3 Å². The van der Waals surface area contributed by atoms with Crippen molar-refractivity contribution in [3.05, 3.63) is 64.5 Å². The highest BCUT2D eigenvalue weighted by Gasteiger charge is 2.07. The summed E-state index contributed by atoms with van der Waals surface area (Å²) in [6, 6.07) is 16.2. The van der Waals surface area contributed by atoms with Gasteiger partial charge in [-0.1, -0.05) is 62.1 Å². The smallest absolute Gasteiger partial charge is 0.119 e. The third kappa shape index (κ3) is 4.48. The molecule has 0 amide bonds. The highest BCUT2D eigenvalue weighted by molar-refractivity contribution is 7.19. The van der Waals surface area contributed by atoms with Gasteiger partial charge in [-0.2, -0.15) is 0 Å². The van der Waals surface area contributed by atoms with Gasteiger partial charge in [0.15, 0.2) is 0 Å². The Labute approximate surface area is 160 Å². The Morgan fingerprint density at radius 3 is 2.54 bits per heavy atom. The Morgan fingerprint density at radius 1 is 0.962 bits per heavy atom. The summed E-state index contributed by atoms with van der Waals surface area (Å²) in [4.78, 5) is 0.894. The van der Waals surface area contributed by atoms with E-state index in [4.69, 9.17) is 11.2 Å². The number of hydrogen-bond donors (Lipinski definition) is 0. The molecule has 0 fully saturated rings. The molecule has 0 saturated carbocycles. The maximum atomic E-state index is 5.78. The fraction of sp³-hybridized carbons (Fsp3) is 0.250. The SMILES string of the molecule is C#Cc1sc2ccccc2c1C#Cc1ccc(OCCCCCC)cc1. The van der Waals surface area contributed by atoms with Crippen LogP contribution < -0.4 is 4.74 Å². The minimum atomic E-state index is 0.775. The summed E-state index contributed by atoms with van der Waals surface area (Å²) in [6.07, 6.45) is 10.5. The average Bonchev–Trinajstić information content (AvgIpc) is 3.05. The predicted octanol–water partition coefficient (Wildman–Crippen LogP) is 6.24. The van der Waals surface area contributed by atoms with E-state index in [1.807, 2.05) is 36.4 Å². The second-order valence-corrected chi connectivity index (χ2v) is 7.18. The number of terminal acetylenes is 1. The number of thiophene rings is 1. The van der Waals surface area contributed by atoms with Crippen LogP contribution in [0.25, 0.3) is 10.1 Å². The van der Waals surface area contributed by atoms with Gasteiger partial charge < -0.3 is 4.74 Å². The summed E-state index contributed by atoms with van der Waals surface area (Å²) in [6.45, 7) is 2.99. The third-order valence-electron chi connectivity index (χ3n) is 4.18. The quantitative estimate of drug-likeness (QED) is 0.374. The van der Waals surface area contributed by atoms with Gasteiger partial charge >= 0.3 is 0 Å². The highest BCUT2D eigenvalue weighted by atomic mass is 32.1. The Balaban J connectivity index is 1.70. The summed E-state index contributed by atoms with van der Waals surface area (Å²) >= 11 is 1.62. The molecule has 26 heavy (non-hydrogen) atoms. The monoisotopic (exact) mass is 358 g/mol. The molecule has 1 heterocycles. The van der Waals surface area contributed by atoms with Crippen molar-refractivity contribution in [2.24, 2.45) is 0 Å². The third-order valence-corrected chi connectivity index (χ3v) is 5.28. The van der Waals surface area contributed by atoms with Crippen molar-refractivity contribution in [3.63, 3.8) is 0 Å². The molecule has 1 nitrogen and oxygen atoms in total. The van der Waals surface area contributed by atoms with Crippen LogP contribution in [0, 0.1) is 24.2 Å². The summed E-state index contributed by atoms with van der Waals surface area (Å²) < 4.78 is 6.96. The first kappa shape index (κ1) is 18.1. The van der Waals surface area contributed by atoms with Crippen molar-refractivity contribution in [2.75, 3.05) is 6.61 Å². The minimum Gasteiger partial charge on any atom is -0.494 e. The molecular formula is C24H22OS. The molecule has 0 aliphatic heterocycles. The molecule has 0 saturated heterocycles. The van der Waals surface area contributed by atoms with Gasteiger partial charge in [0, 0.05) is 15.6 Å². The molecule has 0 unspecified atom stereocenters. The second-order valence-electron chi connectivity index (χ2n) is 6.13. The zero-order valence-corrected chi connectivity index (χ0v) is 15.9. The lowest BCUT2D eigenvalue weighted by atomic mass is 10.1. The minimum absolute atomic E-state index is 0.775. The van der Waals surface area contributed by atoms with Gasteiger partial charge in [-0.05, 0) is 36.8 Å². The Bertz CT molecular complexity index is 961. The van der Waals surface area contributed by atoms with Gasteiger partial charge in [0.05, 0.1) is 17.0 Å². The van der Waals surface area contributed by atoms with Crippen LogP contribution in [-0.2, 0) is 0 Å². The normalized spacial score (nSPS) is 10.2. The van der Waals surface area contributed by atoms with E-state index in [2.05, 4.69) is 36.8 Å². The number of benzene rings is 2. The van der Waals surface area contributed by atoms with E-state index >= 15 is 0 Å². The number of hydrogen-bond acceptors (Lipinski definition) is 2. The van der Waals surface area contributed by atoms with Crippen LogP contribution in [0.5, 0.6) is 5.75 Å². The van der Waals surface area contributed by atoms with Crippen molar-refractivity contribution in [1.82, 2.24) is 0 Å². The molecular weight excluding hydrogens is 336 g/mol. The molecule has 0 aliphatic carbocycles. The number of unbranched alkanes of at least 4 members (excludes halogenated alkanes) is 3. The molecule has 0 aliphatic rings. The molecule has 3 rings (SSSR count). The second kappa shape index (κ2) is 9.14. The van der Waals surface area contributed by atoms with Crippen molar-refractivity contribution < 1.29 is 4.74 Å². The number of rotatable bonds is 6. The summed E-state index contributed by atoms with van der Waals surface area (Å²) in [5.74, 6) is 10.2. The van der Waals surface area contributed by atoms with Gasteiger partial charge in [-0.3, -0.25) is 0 Å². The summed E-state index contributed by atoms with van der Waals surface area (Å²) in [5.41, 5.74) is 1.91. The van der Waals surface area contributed by atoms with Gasteiger partial charge in [0.2, 0.25) is 0 Å². The lowest BCUT2D eigenvalue weighted by molar-refractivity contribution is 0.305. The van der Waals surface area contributed by atoms with Gasteiger partial charge in [-0.25, -0.2) is 0 Å². The molecule has 2 aromatic carbocycles. The fourth-order valence-corrected chi connectivity index (χ4v) is 3.73. The molecule has 0 atom stereocenters. The van der Waals surface area contributed by atoms with Gasteiger partial charge in [-0.15, -0.1) is 17.8 Å². The maximum absolute atomic E-state index is 5.78.